The van der Waals surface area contributed by atoms with Crippen LogP contribution in [0, 0.1) is 35.2 Å². The normalized spacial score (nSPS) is 26.1. The summed E-state index contributed by atoms with van der Waals surface area (Å²) in [5.74, 6) is -5.57. The van der Waals surface area contributed by atoms with Crippen LogP contribution in [0.25, 0.3) is 0 Å². The molecular formula is C21H25F5O2. The Hall–Kier alpha value is -1.79. The topological polar surface area (TPSA) is 18.5 Å². The summed E-state index contributed by atoms with van der Waals surface area (Å²) in [6.45, 7) is 0. The number of hydrogen-bond donors (Lipinski definition) is 0. The van der Waals surface area contributed by atoms with Crippen LogP contribution in [0.4, 0.5) is 22.0 Å². The van der Waals surface area contributed by atoms with Gasteiger partial charge in [-0.25, -0.2) is 13.2 Å². The Kier molecular flexibility index (Phi) is 6.50. The van der Waals surface area contributed by atoms with E-state index in [1.807, 2.05) is 0 Å². The van der Waals surface area contributed by atoms with Crippen molar-refractivity contribution in [3.8, 4) is 5.75 Å². The molecule has 2 nitrogen and oxygen atoms in total. The van der Waals surface area contributed by atoms with Crippen LogP contribution >= 0.6 is 0 Å². The molecule has 0 radical (unpaired) electrons. The van der Waals surface area contributed by atoms with Crippen molar-refractivity contribution in [1.29, 1.82) is 0 Å². The van der Waals surface area contributed by atoms with Crippen molar-refractivity contribution < 1.29 is 31.4 Å². The molecule has 0 N–H and O–H groups in total. The first-order chi connectivity index (χ1) is 13.3. The number of alkyl halides is 2. The fourth-order valence-corrected chi connectivity index (χ4v) is 4.53. The summed E-state index contributed by atoms with van der Waals surface area (Å²) in [5, 5.41) is 0. The molecule has 0 saturated heterocycles. The molecule has 2 aliphatic carbocycles. The van der Waals surface area contributed by atoms with Gasteiger partial charge in [0.05, 0.1) is 19.3 Å². The lowest BCUT2D eigenvalue weighted by molar-refractivity contribution is -0.224. The first kappa shape index (κ1) is 20.9. The zero-order valence-electron chi connectivity index (χ0n) is 15.8. The Morgan fingerprint density at radius 3 is 1.96 bits per heavy atom. The summed E-state index contributed by atoms with van der Waals surface area (Å²) in [4.78, 5) is 0. The van der Waals surface area contributed by atoms with Gasteiger partial charge in [0.25, 0.3) is 0 Å². The van der Waals surface area contributed by atoms with Gasteiger partial charge in [-0.2, -0.15) is 8.78 Å². The van der Waals surface area contributed by atoms with Gasteiger partial charge in [0.1, 0.15) is 5.75 Å². The van der Waals surface area contributed by atoms with Crippen LogP contribution in [0.5, 0.6) is 5.75 Å². The summed E-state index contributed by atoms with van der Waals surface area (Å²) in [6.07, 6.45) is 4.26. The number of benzene rings is 1. The van der Waals surface area contributed by atoms with Crippen molar-refractivity contribution in [2.75, 3.05) is 7.11 Å². The molecule has 0 amide bonds. The highest BCUT2D eigenvalue weighted by molar-refractivity contribution is 5.25. The summed E-state index contributed by atoms with van der Waals surface area (Å²) in [5.41, 5.74) is 1.30. The van der Waals surface area contributed by atoms with Crippen molar-refractivity contribution in [2.45, 2.75) is 57.5 Å². The standard InChI is InChI=1S/C21H25F5O2/c1-27-12-13-2-4-14(5-3-13)15-6-8-16(9-7-15)21(25,26)28-17-10-18(22)20(24)19(23)11-17/h10-12,14-16H,2-9H2,1H3. The molecule has 2 saturated carbocycles. The average Bonchev–Trinajstić information content (AvgIpc) is 2.67. The summed E-state index contributed by atoms with van der Waals surface area (Å²) in [7, 11) is 1.64. The minimum atomic E-state index is -3.55. The third-order valence-electron chi connectivity index (χ3n) is 6.08. The van der Waals surface area contributed by atoms with Gasteiger partial charge in [0.2, 0.25) is 0 Å². The molecule has 0 aliphatic heterocycles. The molecule has 156 valence electrons. The highest BCUT2D eigenvalue weighted by Gasteiger charge is 2.45. The summed E-state index contributed by atoms with van der Waals surface area (Å²) in [6, 6.07) is 0.899. The molecule has 7 heteroatoms. The molecule has 1 aromatic rings. The van der Waals surface area contributed by atoms with Crippen molar-refractivity contribution in [3.63, 3.8) is 0 Å². The lowest BCUT2D eigenvalue weighted by Crippen LogP contribution is -2.38. The second kappa shape index (κ2) is 8.70. The number of hydrogen-bond acceptors (Lipinski definition) is 2. The Bertz CT molecular complexity index is 678. The van der Waals surface area contributed by atoms with E-state index in [1.165, 1.54) is 5.57 Å². The molecule has 0 heterocycles. The molecule has 0 atom stereocenters. The minimum Gasteiger partial charge on any atom is -0.504 e. The van der Waals surface area contributed by atoms with Gasteiger partial charge in [-0.05, 0) is 68.8 Å². The van der Waals surface area contributed by atoms with Crippen LogP contribution in [0.2, 0.25) is 0 Å². The van der Waals surface area contributed by atoms with E-state index in [0.29, 0.717) is 49.7 Å². The Morgan fingerprint density at radius 1 is 0.893 bits per heavy atom. The van der Waals surface area contributed by atoms with Crippen LogP contribution in [-0.2, 0) is 4.74 Å². The van der Waals surface area contributed by atoms with Crippen molar-refractivity contribution in [3.05, 3.63) is 41.4 Å². The van der Waals surface area contributed by atoms with E-state index in [4.69, 9.17) is 4.74 Å². The number of ether oxygens (including phenoxy) is 2. The molecule has 0 spiro atoms. The first-order valence-corrected chi connectivity index (χ1v) is 9.72. The molecule has 0 bridgehead atoms. The number of rotatable bonds is 5. The van der Waals surface area contributed by atoms with Gasteiger partial charge in [0, 0.05) is 12.1 Å². The average molecular weight is 404 g/mol. The quantitative estimate of drug-likeness (QED) is 0.313. The van der Waals surface area contributed by atoms with E-state index in [2.05, 4.69) is 4.74 Å². The highest BCUT2D eigenvalue weighted by atomic mass is 19.3. The van der Waals surface area contributed by atoms with Gasteiger partial charge >= 0.3 is 6.11 Å². The van der Waals surface area contributed by atoms with Crippen LogP contribution in [-0.4, -0.2) is 13.2 Å². The smallest absolute Gasteiger partial charge is 0.400 e. The van der Waals surface area contributed by atoms with E-state index in [-0.39, 0.29) is 0 Å². The van der Waals surface area contributed by atoms with Crippen molar-refractivity contribution in [1.82, 2.24) is 0 Å². The first-order valence-electron chi connectivity index (χ1n) is 9.72. The third-order valence-corrected chi connectivity index (χ3v) is 6.08. The SMILES string of the molecule is COC=C1CCC(C2CCC(C(F)(F)Oc3cc(F)c(F)c(F)c3)CC2)CC1. The lowest BCUT2D eigenvalue weighted by Gasteiger charge is -2.38. The molecule has 28 heavy (non-hydrogen) atoms. The number of methoxy groups -OCH3 is 1. The van der Waals surface area contributed by atoms with Crippen LogP contribution in [0.1, 0.15) is 51.4 Å². The highest BCUT2D eigenvalue weighted by Crippen LogP contribution is 2.45. The van der Waals surface area contributed by atoms with Crippen molar-refractivity contribution >= 4 is 0 Å². The van der Waals surface area contributed by atoms with Gasteiger partial charge in [-0.1, -0.05) is 0 Å². The summed E-state index contributed by atoms with van der Waals surface area (Å²) < 4.78 is 78.1. The fraction of sp³-hybridized carbons (Fsp3) is 0.619. The van der Waals surface area contributed by atoms with Gasteiger partial charge in [-0.3, -0.25) is 0 Å². The van der Waals surface area contributed by atoms with Crippen LogP contribution in [0.3, 0.4) is 0 Å². The number of allylic oxidation sites excluding steroid dienone is 1. The monoisotopic (exact) mass is 404 g/mol. The molecule has 2 fully saturated rings. The molecular weight excluding hydrogens is 379 g/mol. The molecule has 3 rings (SSSR count). The van der Waals surface area contributed by atoms with Crippen molar-refractivity contribution in [2.24, 2.45) is 17.8 Å². The van der Waals surface area contributed by atoms with E-state index in [1.54, 1.807) is 13.4 Å². The Morgan fingerprint density at radius 2 is 1.43 bits per heavy atom. The Labute approximate surface area is 161 Å². The number of halogens is 5. The predicted octanol–water partition coefficient (Wildman–Crippen LogP) is 6.60. The van der Waals surface area contributed by atoms with Gasteiger partial charge in [-0.15, -0.1) is 0 Å². The van der Waals surface area contributed by atoms with Gasteiger partial charge in [0.15, 0.2) is 17.5 Å². The maximum Gasteiger partial charge on any atom is 0.400 e. The van der Waals surface area contributed by atoms with E-state index >= 15 is 0 Å². The predicted molar refractivity (Wildman–Crippen MR) is 94.4 cm³/mol. The largest absolute Gasteiger partial charge is 0.504 e. The molecule has 1 aromatic carbocycles. The fourth-order valence-electron chi connectivity index (χ4n) is 4.53. The van der Waals surface area contributed by atoms with Crippen LogP contribution < -0.4 is 4.74 Å². The van der Waals surface area contributed by atoms with Gasteiger partial charge < -0.3 is 9.47 Å². The van der Waals surface area contributed by atoms with Crippen LogP contribution in [0.15, 0.2) is 24.0 Å². The zero-order chi connectivity index (χ0) is 20.3. The minimum absolute atomic E-state index is 0.293. The summed E-state index contributed by atoms with van der Waals surface area (Å²) >= 11 is 0. The maximum absolute atomic E-state index is 14.5. The molecule has 0 aromatic heterocycles. The van der Waals surface area contributed by atoms with E-state index < -0.39 is 35.2 Å². The lowest BCUT2D eigenvalue weighted by atomic mass is 9.70. The van der Waals surface area contributed by atoms with E-state index in [0.717, 1.165) is 25.7 Å². The Balaban J connectivity index is 1.54. The maximum atomic E-state index is 14.5. The second-order valence-corrected chi connectivity index (χ2v) is 7.83. The molecule has 2 aliphatic rings. The zero-order valence-corrected chi connectivity index (χ0v) is 15.8. The second-order valence-electron chi connectivity index (χ2n) is 7.83. The molecule has 0 unspecified atom stereocenters. The third kappa shape index (κ3) is 4.78. The van der Waals surface area contributed by atoms with E-state index in [9.17, 15) is 22.0 Å².